The van der Waals surface area contributed by atoms with Gasteiger partial charge < -0.3 is 23.7 Å². The number of nitrogens with zero attached hydrogens (tertiary/aromatic N) is 3. The van der Waals surface area contributed by atoms with Crippen LogP contribution in [-0.4, -0.2) is 51.9 Å². The van der Waals surface area contributed by atoms with E-state index in [0.717, 1.165) is 6.33 Å². The summed E-state index contributed by atoms with van der Waals surface area (Å²) in [6.07, 6.45) is 0.318. The number of anilines is 1. The van der Waals surface area contributed by atoms with E-state index in [4.69, 9.17) is 35.3 Å². The first-order valence-electron chi connectivity index (χ1n) is 9.77. The molecular formula is C21H19ClN4O8S. The van der Waals surface area contributed by atoms with Crippen LogP contribution in [0.5, 0.6) is 28.9 Å². The SMILES string of the molecule is COc1cccc(NC(=O)OCCOc2ncnc(N=S(=O)=O)c2Oc2cc(OC)ccc2Cl)c1. The number of nitrogens with one attached hydrogen (secondary N) is 1. The van der Waals surface area contributed by atoms with E-state index in [1.54, 1.807) is 30.3 Å². The molecule has 12 nitrogen and oxygen atoms in total. The van der Waals surface area contributed by atoms with Crippen LogP contribution in [0.15, 0.2) is 53.2 Å². The quantitative estimate of drug-likeness (QED) is 0.383. The summed E-state index contributed by atoms with van der Waals surface area (Å²) < 4.78 is 52.2. The number of aromatic nitrogens is 2. The number of hydrogen-bond donors (Lipinski definition) is 1. The Morgan fingerprint density at radius 3 is 2.57 bits per heavy atom. The average Bonchev–Trinajstić information content (AvgIpc) is 2.84. The molecule has 0 fully saturated rings. The van der Waals surface area contributed by atoms with Crippen molar-refractivity contribution < 1.29 is 36.9 Å². The first-order chi connectivity index (χ1) is 16.9. The molecule has 2 aromatic carbocycles. The van der Waals surface area contributed by atoms with Gasteiger partial charge in [-0.1, -0.05) is 17.7 Å². The summed E-state index contributed by atoms with van der Waals surface area (Å²) in [6.45, 7) is -0.316. The van der Waals surface area contributed by atoms with Crippen molar-refractivity contribution in [1.29, 1.82) is 0 Å². The van der Waals surface area contributed by atoms with Gasteiger partial charge in [-0.2, -0.15) is 13.4 Å². The van der Waals surface area contributed by atoms with Gasteiger partial charge in [-0.15, -0.1) is 4.36 Å². The molecule has 3 aromatic rings. The number of methoxy groups -OCH3 is 2. The lowest BCUT2D eigenvalue weighted by atomic mass is 10.3. The zero-order valence-electron chi connectivity index (χ0n) is 18.4. The van der Waals surface area contributed by atoms with Gasteiger partial charge in [0, 0.05) is 17.8 Å². The van der Waals surface area contributed by atoms with Crippen LogP contribution in [0.2, 0.25) is 5.02 Å². The molecule has 0 atom stereocenters. The standard InChI is InChI=1S/C21H19ClN4O8S/c1-30-14-5-3-4-13(10-14)25-21(27)33-9-8-32-20-18(19(23-12-24-20)26-35(28)29)34-17-11-15(31-2)6-7-16(17)22/h3-7,10-12H,8-9H2,1-2H3,(H,25,27). The zero-order chi connectivity index (χ0) is 25.2. The predicted molar refractivity (Wildman–Crippen MR) is 125 cm³/mol. The van der Waals surface area contributed by atoms with Crippen molar-refractivity contribution in [2.45, 2.75) is 0 Å². The summed E-state index contributed by atoms with van der Waals surface area (Å²) in [5.74, 6) is 0.433. The highest BCUT2D eigenvalue weighted by molar-refractivity contribution is 7.61. The van der Waals surface area contributed by atoms with Gasteiger partial charge in [0.15, 0.2) is 0 Å². The van der Waals surface area contributed by atoms with Crippen molar-refractivity contribution in [2.24, 2.45) is 4.36 Å². The van der Waals surface area contributed by atoms with Crippen molar-refractivity contribution in [3.8, 4) is 28.9 Å². The van der Waals surface area contributed by atoms with Gasteiger partial charge in [-0.3, -0.25) is 5.32 Å². The number of halogens is 1. The van der Waals surface area contributed by atoms with Crippen molar-refractivity contribution >= 4 is 39.7 Å². The highest BCUT2D eigenvalue weighted by Gasteiger charge is 2.18. The molecule has 14 heteroatoms. The van der Waals surface area contributed by atoms with E-state index in [1.165, 1.54) is 26.4 Å². The van der Waals surface area contributed by atoms with Crippen molar-refractivity contribution in [2.75, 3.05) is 32.8 Å². The number of carbonyl (C=O) groups is 1. The maximum absolute atomic E-state index is 12.0. The minimum Gasteiger partial charge on any atom is -0.497 e. The second-order valence-corrected chi connectivity index (χ2v) is 7.40. The lowest BCUT2D eigenvalue weighted by Gasteiger charge is -2.14. The van der Waals surface area contributed by atoms with Gasteiger partial charge in [0.25, 0.3) is 5.88 Å². The fourth-order valence-electron chi connectivity index (χ4n) is 2.60. The topological polar surface area (TPSA) is 148 Å². The van der Waals surface area contributed by atoms with E-state index in [2.05, 4.69) is 19.6 Å². The third-order valence-corrected chi connectivity index (χ3v) is 4.77. The van der Waals surface area contributed by atoms with E-state index >= 15 is 0 Å². The maximum atomic E-state index is 12.0. The molecule has 1 amide bonds. The Kier molecular flexibility index (Phi) is 9.03. The Labute approximate surface area is 206 Å². The number of rotatable bonds is 10. The summed E-state index contributed by atoms with van der Waals surface area (Å²) in [7, 11) is 0.132. The Hall–Kier alpha value is -4.10. The second-order valence-electron chi connectivity index (χ2n) is 6.38. The van der Waals surface area contributed by atoms with Gasteiger partial charge in [0.2, 0.25) is 11.6 Å². The Morgan fingerprint density at radius 2 is 1.83 bits per heavy atom. The lowest BCUT2D eigenvalue weighted by molar-refractivity contribution is 0.135. The second kappa shape index (κ2) is 12.4. The lowest BCUT2D eigenvalue weighted by Crippen LogP contribution is -2.18. The Balaban J connectivity index is 1.70. The van der Waals surface area contributed by atoms with E-state index in [-0.39, 0.29) is 41.4 Å². The fraction of sp³-hybridized carbons (Fsp3) is 0.190. The van der Waals surface area contributed by atoms with E-state index in [0.29, 0.717) is 17.2 Å². The number of ether oxygens (including phenoxy) is 5. The molecule has 0 saturated heterocycles. The monoisotopic (exact) mass is 522 g/mol. The first-order valence-corrected chi connectivity index (χ1v) is 11.2. The highest BCUT2D eigenvalue weighted by atomic mass is 35.5. The van der Waals surface area contributed by atoms with Crippen molar-refractivity contribution in [3.63, 3.8) is 0 Å². The van der Waals surface area contributed by atoms with Gasteiger partial charge in [-0.05, 0) is 24.3 Å². The molecule has 0 bridgehead atoms. The smallest absolute Gasteiger partial charge is 0.411 e. The first kappa shape index (κ1) is 25.5. The number of hydrogen-bond acceptors (Lipinski definition) is 11. The molecule has 1 aromatic heterocycles. The molecule has 3 rings (SSSR count). The van der Waals surface area contributed by atoms with Crippen LogP contribution in [0.3, 0.4) is 0 Å². The number of carbonyl (C=O) groups excluding carboxylic acids is 1. The van der Waals surface area contributed by atoms with E-state index in [1.807, 2.05) is 0 Å². The molecule has 0 aliphatic carbocycles. The maximum Gasteiger partial charge on any atom is 0.411 e. The Bertz CT molecular complexity index is 1330. The summed E-state index contributed by atoms with van der Waals surface area (Å²) in [6, 6.07) is 11.3. The summed E-state index contributed by atoms with van der Waals surface area (Å²) >= 11 is 6.17. The molecule has 0 saturated carbocycles. The molecule has 1 heterocycles. The molecule has 184 valence electrons. The van der Waals surface area contributed by atoms with Crippen LogP contribution in [0.4, 0.5) is 16.3 Å². The minimum absolute atomic E-state index is 0.118. The highest BCUT2D eigenvalue weighted by Crippen LogP contribution is 2.40. The van der Waals surface area contributed by atoms with Gasteiger partial charge in [0.1, 0.15) is 36.8 Å². The summed E-state index contributed by atoms with van der Waals surface area (Å²) in [4.78, 5) is 19.8. The van der Waals surface area contributed by atoms with Crippen molar-refractivity contribution in [3.05, 3.63) is 53.8 Å². The van der Waals surface area contributed by atoms with Crippen LogP contribution in [-0.2, 0) is 15.2 Å². The normalized spacial score (nSPS) is 10.1. The van der Waals surface area contributed by atoms with E-state index in [9.17, 15) is 13.2 Å². The molecule has 0 radical (unpaired) electrons. The van der Waals surface area contributed by atoms with Crippen LogP contribution in [0, 0.1) is 0 Å². The number of benzene rings is 2. The van der Waals surface area contributed by atoms with Crippen molar-refractivity contribution in [1.82, 2.24) is 9.97 Å². The molecular weight excluding hydrogens is 504 g/mol. The van der Waals surface area contributed by atoms with Gasteiger partial charge >= 0.3 is 16.6 Å². The molecule has 0 spiro atoms. The summed E-state index contributed by atoms with van der Waals surface area (Å²) in [5.41, 5.74) is 0.480. The fourth-order valence-corrected chi connectivity index (χ4v) is 3.03. The molecule has 35 heavy (non-hydrogen) atoms. The van der Waals surface area contributed by atoms with Gasteiger partial charge in [0.05, 0.1) is 19.2 Å². The molecule has 0 aliphatic heterocycles. The molecule has 0 unspecified atom stereocenters. The van der Waals surface area contributed by atoms with Crippen LogP contribution < -0.4 is 24.3 Å². The largest absolute Gasteiger partial charge is 0.497 e. The van der Waals surface area contributed by atoms with E-state index < -0.39 is 16.6 Å². The van der Waals surface area contributed by atoms with Crippen LogP contribution >= 0.6 is 11.6 Å². The average molecular weight is 523 g/mol. The summed E-state index contributed by atoms with van der Waals surface area (Å²) in [5, 5.41) is 2.75. The molecule has 1 N–H and O–H groups in total. The van der Waals surface area contributed by atoms with Gasteiger partial charge in [-0.25, -0.2) is 9.78 Å². The Morgan fingerprint density at radius 1 is 1.06 bits per heavy atom. The van der Waals surface area contributed by atoms with Crippen LogP contribution in [0.1, 0.15) is 0 Å². The minimum atomic E-state index is -2.84. The zero-order valence-corrected chi connectivity index (χ0v) is 20.0. The third kappa shape index (κ3) is 7.45. The van der Waals surface area contributed by atoms with Crippen LogP contribution in [0.25, 0.3) is 0 Å². The molecule has 0 aliphatic rings. The predicted octanol–water partition coefficient (Wildman–Crippen LogP) is 4.26. The third-order valence-electron chi connectivity index (χ3n) is 4.14. The number of amides is 1.